The van der Waals surface area contributed by atoms with E-state index in [2.05, 4.69) is 35.8 Å². The molecule has 24 heavy (non-hydrogen) atoms. The minimum atomic E-state index is -0.413. The summed E-state index contributed by atoms with van der Waals surface area (Å²) in [6.45, 7) is 4.69. The summed E-state index contributed by atoms with van der Waals surface area (Å²) >= 11 is 0. The highest BCUT2D eigenvalue weighted by molar-refractivity contribution is 6.06. The lowest BCUT2D eigenvalue weighted by Crippen LogP contribution is -2.18. The molecule has 0 aliphatic heterocycles. The molecule has 0 heterocycles. The second-order valence-electron chi connectivity index (χ2n) is 5.68. The molecule has 0 aliphatic rings. The molecule has 0 unspecified atom stereocenters. The van der Waals surface area contributed by atoms with Gasteiger partial charge in [-0.15, -0.1) is 0 Å². The topological polar surface area (TPSA) is 64.9 Å². The highest BCUT2D eigenvalue weighted by Gasteiger charge is 2.08. The second-order valence-corrected chi connectivity index (χ2v) is 5.68. The summed E-state index contributed by atoms with van der Waals surface area (Å²) in [5.41, 5.74) is 4.28. The molecule has 0 saturated carbocycles. The predicted octanol–water partition coefficient (Wildman–Crippen LogP) is 3.48. The number of carbonyl (C=O) groups is 1. The highest BCUT2D eigenvalue weighted by atomic mass is 16.1. The summed E-state index contributed by atoms with van der Waals surface area (Å²) in [7, 11) is 0. The van der Waals surface area contributed by atoms with Crippen molar-refractivity contribution in [2.45, 2.75) is 20.3 Å². The van der Waals surface area contributed by atoms with Crippen LogP contribution in [0.4, 0.5) is 5.69 Å². The van der Waals surface area contributed by atoms with Crippen molar-refractivity contribution in [1.29, 1.82) is 5.26 Å². The zero-order chi connectivity index (χ0) is 17.4. The van der Waals surface area contributed by atoms with Gasteiger partial charge in [0.2, 0.25) is 0 Å². The summed E-state index contributed by atoms with van der Waals surface area (Å²) in [5.74, 6) is -0.413. The van der Waals surface area contributed by atoms with Gasteiger partial charge in [-0.2, -0.15) is 5.26 Å². The summed E-state index contributed by atoms with van der Waals surface area (Å²) < 4.78 is 0. The molecule has 2 rings (SSSR count). The van der Waals surface area contributed by atoms with Gasteiger partial charge < -0.3 is 10.6 Å². The smallest absolute Gasteiger partial charge is 0.267 e. The number of carbonyl (C=O) groups excluding carboxylic acids is 1. The first-order valence-corrected chi connectivity index (χ1v) is 7.85. The van der Waals surface area contributed by atoms with Crippen LogP contribution in [0.1, 0.15) is 16.7 Å². The fraction of sp³-hybridized carbons (Fsp3) is 0.200. The molecule has 4 nitrogen and oxygen atoms in total. The number of amides is 1. The van der Waals surface area contributed by atoms with Gasteiger partial charge in [-0.25, -0.2) is 0 Å². The number of anilines is 1. The van der Waals surface area contributed by atoms with Crippen molar-refractivity contribution >= 4 is 11.6 Å². The standard InChI is InChI=1S/C20H21N3O/c1-15-6-8-19(9-7-15)23-20(24)18(13-21)14-22-11-10-17-5-3-4-16(2)12-17/h3-9,12,14,22H,10-11H2,1-2H3,(H,23,24)/b18-14-. The maximum absolute atomic E-state index is 12.1. The lowest BCUT2D eigenvalue weighted by atomic mass is 10.1. The van der Waals surface area contributed by atoms with Crippen LogP contribution in [0, 0.1) is 25.2 Å². The molecule has 0 aromatic heterocycles. The Morgan fingerprint density at radius 2 is 1.88 bits per heavy atom. The third-order valence-corrected chi connectivity index (χ3v) is 3.56. The van der Waals surface area contributed by atoms with Crippen LogP contribution >= 0.6 is 0 Å². The second kappa shape index (κ2) is 8.54. The molecule has 0 fully saturated rings. The number of hydrogen-bond acceptors (Lipinski definition) is 3. The predicted molar refractivity (Wildman–Crippen MR) is 96.4 cm³/mol. The average molecular weight is 319 g/mol. The Bertz CT molecular complexity index is 770. The molecule has 0 radical (unpaired) electrons. The molecular formula is C20H21N3O. The van der Waals surface area contributed by atoms with Crippen LogP contribution in [-0.4, -0.2) is 12.5 Å². The zero-order valence-electron chi connectivity index (χ0n) is 14.0. The third kappa shape index (κ3) is 5.29. The van der Waals surface area contributed by atoms with Crippen LogP contribution in [0.2, 0.25) is 0 Å². The van der Waals surface area contributed by atoms with Gasteiger partial charge in [0.15, 0.2) is 0 Å². The van der Waals surface area contributed by atoms with E-state index in [4.69, 9.17) is 5.26 Å². The number of aryl methyl sites for hydroxylation is 2. The summed E-state index contributed by atoms with van der Waals surface area (Å²) in [6.07, 6.45) is 2.30. The summed E-state index contributed by atoms with van der Waals surface area (Å²) in [5, 5.41) is 14.9. The summed E-state index contributed by atoms with van der Waals surface area (Å²) in [4.78, 5) is 12.1. The van der Waals surface area contributed by atoms with Crippen molar-refractivity contribution in [2.24, 2.45) is 0 Å². The molecule has 0 atom stereocenters. The van der Waals surface area contributed by atoms with Crippen molar-refractivity contribution in [2.75, 3.05) is 11.9 Å². The molecule has 0 spiro atoms. The van der Waals surface area contributed by atoms with E-state index >= 15 is 0 Å². The lowest BCUT2D eigenvalue weighted by Gasteiger charge is -2.06. The van der Waals surface area contributed by atoms with Crippen molar-refractivity contribution in [1.82, 2.24) is 5.32 Å². The molecule has 2 aromatic carbocycles. The first kappa shape index (κ1) is 17.3. The zero-order valence-corrected chi connectivity index (χ0v) is 14.0. The number of nitrogens with zero attached hydrogens (tertiary/aromatic N) is 1. The number of benzene rings is 2. The van der Waals surface area contributed by atoms with Gasteiger partial charge in [0, 0.05) is 18.4 Å². The van der Waals surface area contributed by atoms with Crippen molar-refractivity contribution in [3.05, 3.63) is 77.0 Å². The van der Waals surface area contributed by atoms with Gasteiger partial charge in [0.25, 0.3) is 5.91 Å². The van der Waals surface area contributed by atoms with Crippen molar-refractivity contribution in [3.63, 3.8) is 0 Å². The van der Waals surface area contributed by atoms with Crippen LogP contribution in [-0.2, 0) is 11.2 Å². The van der Waals surface area contributed by atoms with Crippen molar-refractivity contribution in [3.8, 4) is 6.07 Å². The van der Waals surface area contributed by atoms with Crippen LogP contribution < -0.4 is 10.6 Å². The largest absolute Gasteiger partial charge is 0.389 e. The molecule has 1 amide bonds. The van der Waals surface area contributed by atoms with Gasteiger partial charge in [0.05, 0.1) is 0 Å². The van der Waals surface area contributed by atoms with E-state index in [1.165, 1.54) is 17.3 Å². The molecule has 2 aromatic rings. The van der Waals surface area contributed by atoms with Gasteiger partial charge in [-0.3, -0.25) is 4.79 Å². The molecule has 122 valence electrons. The normalized spacial score (nSPS) is 10.8. The van der Waals surface area contributed by atoms with E-state index in [0.29, 0.717) is 12.2 Å². The fourth-order valence-electron chi connectivity index (χ4n) is 2.24. The minimum Gasteiger partial charge on any atom is -0.389 e. The van der Waals surface area contributed by atoms with Crippen LogP contribution in [0.5, 0.6) is 0 Å². The fourth-order valence-corrected chi connectivity index (χ4v) is 2.24. The quantitative estimate of drug-likeness (QED) is 0.487. The van der Waals surface area contributed by atoms with E-state index in [-0.39, 0.29) is 5.57 Å². The Hall–Kier alpha value is -3.06. The van der Waals surface area contributed by atoms with Crippen LogP contribution in [0.3, 0.4) is 0 Å². The monoisotopic (exact) mass is 319 g/mol. The lowest BCUT2D eigenvalue weighted by molar-refractivity contribution is -0.112. The molecule has 0 aliphatic carbocycles. The molecule has 0 bridgehead atoms. The van der Waals surface area contributed by atoms with E-state index in [0.717, 1.165) is 12.0 Å². The SMILES string of the molecule is Cc1ccc(NC(=O)/C(C#N)=C\NCCc2cccc(C)c2)cc1. The summed E-state index contributed by atoms with van der Waals surface area (Å²) in [6, 6.07) is 17.6. The van der Waals surface area contributed by atoms with E-state index in [1.807, 2.05) is 43.3 Å². The first-order chi connectivity index (χ1) is 11.6. The van der Waals surface area contributed by atoms with E-state index in [9.17, 15) is 4.79 Å². The Morgan fingerprint density at radius 3 is 2.54 bits per heavy atom. The molecular weight excluding hydrogens is 298 g/mol. The van der Waals surface area contributed by atoms with Gasteiger partial charge >= 0.3 is 0 Å². The highest BCUT2D eigenvalue weighted by Crippen LogP contribution is 2.10. The average Bonchev–Trinajstić information content (AvgIpc) is 2.57. The van der Waals surface area contributed by atoms with Crippen LogP contribution in [0.15, 0.2) is 60.3 Å². The molecule has 4 heteroatoms. The Kier molecular flexibility index (Phi) is 6.16. The Morgan fingerprint density at radius 1 is 1.12 bits per heavy atom. The Balaban J connectivity index is 1.87. The maximum atomic E-state index is 12.1. The number of rotatable bonds is 6. The minimum absolute atomic E-state index is 0.0554. The number of nitriles is 1. The third-order valence-electron chi connectivity index (χ3n) is 3.56. The van der Waals surface area contributed by atoms with Crippen molar-refractivity contribution < 1.29 is 4.79 Å². The number of hydrogen-bond donors (Lipinski definition) is 2. The van der Waals surface area contributed by atoms with E-state index < -0.39 is 5.91 Å². The van der Waals surface area contributed by atoms with Gasteiger partial charge in [0.1, 0.15) is 11.6 Å². The molecule has 2 N–H and O–H groups in total. The van der Waals surface area contributed by atoms with E-state index in [1.54, 1.807) is 0 Å². The molecule has 0 saturated heterocycles. The van der Waals surface area contributed by atoms with Gasteiger partial charge in [-0.1, -0.05) is 47.5 Å². The Labute approximate surface area is 142 Å². The van der Waals surface area contributed by atoms with Gasteiger partial charge in [-0.05, 0) is 38.0 Å². The number of nitrogens with one attached hydrogen (secondary N) is 2. The maximum Gasteiger partial charge on any atom is 0.267 e. The first-order valence-electron chi connectivity index (χ1n) is 7.85. The van der Waals surface area contributed by atoms with Crippen LogP contribution in [0.25, 0.3) is 0 Å².